The second-order valence-corrected chi connectivity index (χ2v) is 10.9. The molecule has 2 aromatic heterocycles. The molecule has 7 heteroatoms. The first-order valence-corrected chi connectivity index (χ1v) is 14.0. The summed E-state index contributed by atoms with van der Waals surface area (Å²) in [5, 5.41) is 6.87. The van der Waals surface area contributed by atoms with Crippen LogP contribution < -0.4 is 10.6 Å². The van der Waals surface area contributed by atoms with Crippen LogP contribution >= 0.6 is 0 Å². The van der Waals surface area contributed by atoms with Crippen LogP contribution in [-0.2, 0) is 4.79 Å². The van der Waals surface area contributed by atoms with E-state index in [4.69, 9.17) is 0 Å². The van der Waals surface area contributed by atoms with Crippen molar-refractivity contribution in [1.29, 1.82) is 0 Å². The first-order chi connectivity index (χ1) is 20.3. The predicted octanol–water partition coefficient (Wildman–Crippen LogP) is 7.33. The highest BCUT2D eigenvalue weighted by Crippen LogP contribution is 2.32. The molecule has 0 spiro atoms. The van der Waals surface area contributed by atoms with E-state index in [1.165, 1.54) is 5.56 Å². The summed E-state index contributed by atoms with van der Waals surface area (Å²) in [4.78, 5) is 35.1. The SMILES string of the molecule is CC(C)c1ccc(NC(=O)c2ccc(-c3c[nH]c4ncc(-c5cccc(NC(=O)/C=C/CN(C)C)c5)cc34)cc2)cc1. The molecule has 2 heterocycles. The van der Waals surface area contributed by atoms with Gasteiger partial charge in [0.05, 0.1) is 0 Å². The lowest BCUT2D eigenvalue weighted by Crippen LogP contribution is -2.12. The molecule has 42 heavy (non-hydrogen) atoms. The second-order valence-electron chi connectivity index (χ2n) is 10.9. The summed E-state index contributed by atoms with van der Waals surface area (Å²) in [5.74, 6) is 0.121. The van der Waals surface area contributed by atoms with Gasteiger partial charge in [0.25, 0.3) is 5.91 Å². The van der Waals surface area contributed by atoms with E-state index in [0.717, 1.165) is 39.0 Å². The van der Waals surface area contributed by atoms with Crippen molar-refractivity contribution in [1.82, 2.24) is 14.9 Å². The quantitative estimate of drug-likeness (QED) is 0.166. The maximum Gasteiger partial charge on any atom is 0.255 e. The van der Waals surface area contributed by atoms with Crippen LogP contribution in [0.25, 0.3) is 33.3 Å². The summed E-state index contributed by atoms with van der Waals surface area (Å²) < 4.78 is 0. The Kier molecular flexibility index (Phi) is 8.60. The van der Waals surface area contributed by atoms with Crippen LogP contribution in [-0.4, -0.2) is 47.3 Å². The molecule has 0 fully saturated rings. The van der Waals surface area contributed by atoms with Crippen molar-refractivity contribution in [2.24, 2.45) is 0 Å². The first-order valence-electron chi connectivity index (χ1n) is 14.0. The summed E-state index contributed by atoms with van der Waals surface area (Å²) in [6, 6.07) is 25.3. The molecule has 0 bridgehead atoms. The molecule has 0 atom stereocenters. The molecule has 0 radical (unpaired) electrons. The van der Waals surface area contributed by atoms with Gasteiger partial charge in [-0.25, -0.2) is 4.98 Å². The molecule has 0 aliphatic rings. The Hall–Kier alpha value is -5.01. The van der Waals surface area contributed by atoms with Crippen molar-refractivity contribution in [3.8, 4) is 22.3 Å². The number of nitrogens with zero attached hydrogens (tertiary/aromatic N) is 2. The van der Waals surface area contributed by atoms with Gasteiger partial charge in [-0.05, 0) is 79.2 Å². The molecule has 0 aliphatic heterocycles. The zero-order valence-electron chi connectivity index (χ0n) is 24.3. The molecule has 0 aliphatic carbocycles. The molecule has 3 N–H and O–H groups in total. The lowest BCUT2D eigenvalue weighted by atomic mass is 10.0. The number of hydrogen-bond donors (Lipinski definition) is 3. The molecule has 7 nitrogen and oxygen atoms in total. The number of benzene rings is 3. The van der Waals surface area contributed by atoms with E-state index in [-0.39, 0.29) is 11.8 Å². The number of aromatic amines is 1. The summed E-state index contributed by atoms with van der Waals surface area (Å²) in [5.41, 5.74) is 7.92. The van der Waals surface area contributed by atoms with E-state index in [2.05, 4.69) is 40.5 Å². The van der Waals surface area contributed by atoms with Crippen molar-refractivity contribution < 1.29 is 9.59 Å². The fourth-order valence-corrected chi connectivity index (χ4v) is 4.69. The van der Waals surface area contributed by atoms with E-state index < -0.39 is 0 Å². The zero-order chi connectivity index (χ0) is 29.6. The van der Waals surface area contributed by atoms with Gasteiger partial charge >= 0.3 is 0 Å². The minimum absolute atomic E-state index is 0.151. The summed E-state index contributed by atoms with van der Waals surface area (Å²) in [6.07, 6.45) is 7.13. The van der Waals surface area contributed by atoms with Crippen molar-refractivity contribution in [2.45, 2.75) is 19.8 Å². The van der Waals surface area contributed by atoms with Crippen LogP contribution in [0.4, 0.5) is 11.4 Å². The summed E-state index contributed by atoms with van der Waals surface area (Å²) >= 11 is 0. The maximum atomic E-state index is 12.9. The highest BCUT2D eigenvalue weighted by atomic mass is 16.2. The number of fused-ring (bicyclic) bond motifs is 1. The van der Waals surface area contributed by atoms with Crippen LogP contribution in [0.5, 0.6) is 0 Å². The predicted molar refractivity (Wildman–Crippen MR) is 172 cm³/mol. The number of H-pyrrole nitrogens is 1. The maximum absolute atomic E-state index is 12.9. The molecule has 3 aromatic carbocycles. The average molecular weight is 558 g/mol. The fourth-order valence-electron chi connectivity index (χ4n) is 4.69. The van der Waals surface area contributed by atoms with E-state index in [1.807, 2.05) is 110 Å². The third-order valence-corrected chi connectivity index (χ3v) is 7.03. The van der Waals surface area contributed by atoms with Crippen LogP contribution in [0, 0.1) is 0 Å². The molecule has 0 saturated carbocycles. The lowest BCUT2D eigenvalue weighted by Gasteiger charge is -2.09. The standard InChI is InChI=1S/C35H35N5O2/c1-23(2)24-14-16-29(17-15-24)39-35(42)26-12-10-25(11-13-26)32-22-37-34-31(32)20-28(21-36-34)27-7-5-8-30(19-27)38-33(41)9-6-18-40(3)4/h5-17,19-23H,18H2,1-4H3,(H,36,37)(H,38,41)(H,39,42)/b9-6+. The number of amides is 2. The van der Waals surface area contributed by atoms with Crippen LogP contribution in [0.1, 0.15) is 35.7 Å². The average Bonchev–Trinajstić information content (AvgIpc) is 3.41. The van der Waals surface area contributed by atoms with Gasteiger partial charge in [0.2, 0.25) is 5.91 Å². The largest absolute Gasteiger partial charge is 0.346 e. The number of nitrogens with one attached hydrogen (secondary N) is 3. The van der Waals surface area contributed by atoms with E-state index >= 15 is 0 Å². The Bertz CT molecular complexity index is 1730. The number of rotatable bonds is 9. The number of pyridine rings is 1. The Balaban J connectivity index is 1.32. The van der Waals surface area contributed by atoms with Crippen LogP contribution in [0.15, 0.2) is 103 Å². The van der Waals surface area contributed by atoms with Gasteiger partial charge < -0.3 is 20.5 Å². The molecular weight excluding hydrogens is 522 g/mol. The number of hydrogen-bond acceptors (Lipinski definition) is 4. The molecule has 0 saturated heterocycles. The Morgan fingerprint density at radius 1 is 0.881 bits per heavy atom. The molecule has 0 unspecified atom stereocenters. The number of aromatic nitrogens is 2. The van der Waals surface area contributed by atoms with Gasteiger partial charge in [-0.2, -0.15) is 0 Å². The van der Waals surface area contributed by atoms with Crippen molar-refractivity contribution in [3.05, 3.63) is 115 Å². The van der Waals surface area contributed by atoms with E-state index in [0.29, 0.717) is 23.7 Å². The van der Waals surface area contributed by atoms with Gasteiger partial charge in [0.15, 0.2) is 0 Å². The van der Waals surface area contributed by atoms with Crippen LogP contribution in [0.2, 0.25) is 0 Å². The zero-order valence-corrected chi connectivity index (χ0v) is 24.3. The van der Waals surface area contributed by atoms with Crippen LogP contribution in [0.3, 0.4) is 0 Å². The minimum atomic E-state index is -0.170. The van der Waals surface area contributed by atoms with Gasteiger partial charge in [0, 0.05) is 58.5 Å². The molecule has 2 amide bonds. The lowest BCUT2D eigenvalue weighted by molar-refractivity contribution is -0.111. The molecule has 5 rings (SSSR count). The Morgan fingerprint density at radius 3 is 2.36 bits per heavy atom. The van der Waals surface area contributed by atoms with E-state index in [1.54, 1.807) is 6.08 Å². The van der Waals surface area contributed by atoms with Gasteiger partial charge in [0.1, 0.15) is 5.65 Å². The smallest absolute Gasteiger partial charge is 0.255 e. The number of carbonyl (C=O) groups excluding carboxylic acids is 2. The highest BCUT2D eigenvalue weighted by molar-refractivity contribution is 6.05. The second kappa shape index (κ2) is 12.7. The number of carbonyl (C=O) groups is 2. The minimum Gasteiger partial charge on any atom is -0.346 e. The molecular formula is C35H35N5O2. The third-order valence-electron chi connectivity index (χ3n) is 7.03. The summed E-state index contributed by atoms with van der Waals surface area (Å²) in [6.45, 7) is 4.99. The van der Waals surface area contributed by atoms with Crippen molar-refractivity contribution in [2.75, 3.05) is 31.3 Å². The van der Waals surface area contributed by atoms with Gasteiger partial charge in [-0.1, -0.05) is 56.3 Å². The molecule has 212 valence electrons. The number of anilines is 2. The topological polar surface area (TPSA) is 90.1 Å². The number of likely N-dealkylation sites (N-methyl/N-ethyl adjacent to an activating group) is 1. The Labute approximate surface area is 246 Å². The van der Waals surface area contributed by atoms with Gasteiger partial charge in [-0.15, -0.1) is 0 Å². The highest BCUT2D eigenvalue weighted by Gasteiger charge is 2.12. The normalized spacial score (nSPS) is 11.5. The third kappa shape index (κ3) is 6.82. The van der Waals surface area contributed by atoms with E-state index in [9.17, 15) is 9.59 Å². The van der Waals surface area contributed by atoms with Crippen molar-refractivity contribution >= 4 is 34.2 Å². The summed E-state index contributed by atoms with van der Waals surface area (Å²) in [7, 11) is 3.91. The molecule has 5 aromatic rings. The monoisotopic (exact) mass is 557 g/mol. The van der Waals surface area contributed by atoms with Gasteiger partial charge in [-0.3, -0.25) is 9.59 Å². The Morgan fingerprint density at radius 2 is 1.64 bits per heavy atom. The fraction of sp³-hybridized carbons (Fsp3) is 0.171. The van der Waals surface area contributed by atoms with Crippen molar-refractivity contribution in [3.63, 3.8) is 0 Å². The first kappa shape index (κ1) is 28.5.